The number of ether oxygens (including phenoxy) is 3. The average Bonchev–Trinajstić information content (AvgIpc) is 3.03. The molecule has 1 aromatic heterocycles. The zero-order valence-corrected chi connectivity index (χ0v) is 25.2. The summed E-state index contributed by atoms with van der Waals surface area (Å²) >= 11 is 0. The van der Waals surface area contributed by atoms with Gasteiger partial charge in [0.05, 0.1) is 37.9 Å². The number of carbonyl (C=O) groups is 1. The van der Waals surface area contributed by atoms with Gasteiger partial charge in [-0.15, -0.1) is 12.4 Å². The number of H-pyrrole nitrogens is 1. The van der Waals surface area contributed by atoms with E-state index in [0.29, 0.717) is 38.8 Å². The number of nitrogens with zero attached hydrogens (tertiary/aromatic N) is 1. The fraction of sp³-hybridized carbons (Fsp3) is 0.235. The average molecular weight is 600 g/mol. The number of fused-ring (bicyclic) bond motifs is 3. The Bertz CT molecular complexity index is 1850. The van der Waals surface area contributed by atoms with Crippen LogP contribution in [-0.4, -0.2) is 50.2 Å². The number of pyridine rings is 1. The van der Waals surface area contributed by atoms with Gasteiger partial charge < -0.3 is 24.5 Å². The number of rotatable bonds is 8. The number of aromatic nitrogens is 1. The van der Waals surface area contributed by atoms with Gasteiger partial charge >= 0.3 is 0 Å². The molecular formula is C34H34ClN3O5. The molecule has 0 atom stereocenters. The van der Waals surface area contributed by atoms with Crippen molar-refractivity contribution in [1.82, 2.24) is 9.88 Å². The molecule has 0 aliphatic carbocycles. The van der Waals surface area contributed by atoms with Crippen molar-refractivity contribution in [2.24, 2.45) is 0 Å². The lowest BCUT2D eigenvalue weighted by molar-refractivity contribution is 0.102. The fourth-order valence-corrected chi connectivity index (χ4v) is 5.73. The van der Waals surface area contributed by atoms with Gasteiger partial charge in [0.15, 0.2) is 16.9 Å². The Labute approximate surface area is 256 Å². The van der Waals surface area contributed by atoms with Gasteiger partial charge in [0, 0.05) is 36.1 Å². The first-order valence-electron chi connectivity index (χ1n) is 14.0. The third-order valence-corrected chi connectivity index (χ3v) is 8.02. The Morgan fingerprint density at radius 1 is 0.837 bits per heavy atom. The van der Waals surface area contributed by atoms with Crippen molar-refractivity contribution in [1.29, 1.82) is 0 Å². The van der Waals surface area contributed by atoms with E-state index < -0.39 is 0 Å². The molecule has 1 amide bonds. The van der Waals surface area contributed by atoms with E-state index in [4.69, 9.17) is 14.2 Å². The molecule has 0 saturated heterocycles. The van der Waals surface area contributed by atoms with Gasteiger partial charge in [-0.05, 0) is 78.1 Å². The SMILES string of the molecule is COc1cc2c(cc1OC)CN(CCc1ccc(NC(=O)c3cccc4c(=O)c5cccc(OC)c5[nH]c34)cc1)CC2.Cl. The molecule has 5 aromatic rings. The molecular weight excluding hydrogens is 566 g/mol. The summed E-state index contributed by atoms with van der Waals surface area (Å²) in [4.78, 5) is 32.3. The largest absolute Gasteiger partial charge is 0.495 e. The van der Waals surface area contributed by atoms with Gasteiger partial charge in [-0.3, -0.25) is 14.5 Å². The van der Waals surface area contributed by atoms with Crippen LogP contribution in [0.5, 0.6) is 17.2 Å². The molecule has 222 valence electrons. The standard InChI is InChI=1S/C34H33N3O5.ClH/c1-40-28-9-5-7-26-32(28)36-31-25(33(26)38)6-4-8-27(31)34(39)35-24-12-10-21(11-13-24)14-16-37-17-15-22-18-29(41-2)30(42-3)19-23(22)20-37;/h4-13,18-19H,14-17,20H2,1-3H3,(H,35,39)(H,36,38);1H. The van der Waals surface area contributed by atoms with Gasteiger partial charge in [-0.2, -0.15) is 0 Å². The molecule has 0 bridgehead atoms. The highest BCUT2D eigenvalue weighted by Gasteiger charge is 2.20. The van der Waals surface area contributed by atoms with Gasteiger partial charge in [-0.1, -0.05) is 24.3 Å². The molecule has 43 heavy (non-hydrogen) atoms. The number of carbonyl (C=O) groups excluding carboxylic acids is 1. The highest BCUT2D eigenvalue weighted by atomic mass is 35.5. The number of hydrogen-bond donors (Lipinski definition) is 2. The second kappa shape index (κ2) is 12.8. The molecule has 2 N–H and O–H groups in total. The Kier molecular flexibility index (Phi) is 8.89. The molecule has 0 fully saturated rings. The minimum Gasteiger partial charge on any atom is -0.495 e. The van der Waals surface area contributed by atoms with Crippen molar-refractivity contribution in [3.05, 3.63) is 105 Å². The number of para-hydroxylation sites is 2. The zero-order valence-electron chi connectivity index (χ0n) is 24.4. The van der Waals surface area contributed by atoms with E-state index in [1.165, 1.54) is 16.7 Å². The van der Waals surface area contributed by atoms with Gasteiger partial charge in [-0.25, -0.2) is 0 Å². The first-order chi connectivity index (χ1) is 20.5. The van der Waals surface area contributed by atoms with Crippen molar-refractivity contribution in [2.45, 2.75) is 19.4 Å². The monoisotopic (exact) mass is 599 g/mol. The van der Waals surface area contributed by atoms with E-state index in [0.717, 1.165) is 44.0 Å². The fourth-order valence-electron chi connectivity index (χ4n) is 5.73. The maximum Gasteiger partial charge on any atom is 0.257 e. The molecule has 4 aromatic carbocycles. The van der Waals surface area contributed by atoms with Crippen LogP contribution in [0.3, 0.4) is 0 Å². The number of methoxy groups -OCH3 is 3. The van der Waals surface area contributed by atoms with Crippen molar-refractivity contribution in [2.75, 3.05) is 39.7 Å². The minimum atomic E-state index is -0.294. The van der Waals surface area contributed by atoms with Gasteiger partial charge in [0.2, 0.25) is 0 Å². The number of halogens is 1. The van der Waals surface area contributed by atoms with Crippen molar-refractivity contribution in [3.63, 3.8) is 0 Å². The van der Waals surface area contributed by atoms with Crippen LogP contribution in [-0.2, 0) is 19.4 Å². The summed E-state index contributed by atoms with van der Waals surface area (Å²) in [6.45, 7) is 2.79. The summed E-state index contributed by atoms with van der Waals surface area (Å²) in [5.41, 5.74) is 5.76. The highest BCUT2D eigenvalue weighted by molar-refractivity contribution is 6.13. The molecule has 1 aliphatic heterocycles. The summed E-state index contributed by atoms with van der Waals surface area (Å²) in [6.07, 6.45) is 1.87. The number of amides is 1. The Balaban J connectivity index is 0.00000368. The number of nitrogens with one attached hydrogen (secondary N) is 2. The summed E-state index contributed by atoms with van der Waals surface area (Å²) in [5.74, 6) is 1.79. The normalized spacial score (nSPS) is 12.8. The molecule has 2 heterocycles. The lowest BCUT2D eigenvalue weighted by Gasteiger charge is -2.29. The summed E-state index contributed by atoms with van der Waals surface area (Å²) in [7, 11) is 4.89. The zero-order chi connectivity index (χ0) is 29.2. The maximum absolute atomic E-state index is 13.3. The Morgan fingerprint density at radius 3 is 2.19 bits per heavy atom. The minimum absolute atomic E-state index is 0. The number of hydrogen-bond acceptors (Lipinski definition) is 6. The lowest BCUT2D eigenvalue weighted by atomic mass is 9.98. The second-order valence-corrected chi connectivity index (χ2v) is 10.5. The Morgan fingerprint density at radius 2 is 1.49 bits per heavy atom. The summed E-state index contributed by atoms with van der Waals surface area (Å²) in [6, 6.07) is 22.6. The molecule has 6 rings (SSSR count). The Hall–Kier alpha value is -4.53. The van der Waals surface area contributed by atoms with Crippen LogP contribution >= 0.6 is 12.4 Å². The topological polar surface area (TPSA) is 92.9 Å². The summed E-state index contributed by atoms with van der Waals surface area (Å²) in [5, 5.41) is 3.96. The number of anilines is 1. The van der Waals surface area contributed by atoms with E-state index in [-0.39, 0.29) is 23.7 Å². The van der Waals surface area contributed by atoms with Crippen LogP contribution in [0, 0.1) is 0 Å². The van der Waals surface area contributed by atoms with Gasteiger partial charge in [0.25, 0.3) is 5.91 Å². The molecule has 9 heteroatoms. The second-order valence-electron chi connectivity index (χ2n) is 10.5. The van der Waals surface area contributed by atoms with Crippen molar-refractivity contribution < 1.29 is 19.0 Å². The van der Waals surface area contributed by atoms with Crippen LogP contribution in [0.15, 0.2) is 77.6 Å². The maximum atomic E-state index is 13.3. The summed E-state index contributed by atoms with van der Waals surface area (Å²) < 4.78 is 16.4. The predicted molar refractivity (Wildman–Crippen MR) is 173 cm³/mol. The van der Waals surface area contributed by atoms with E-state index in [9.17, 15) is 9.59 Å². The molecule has 8 nitrogen and oxygen atoms in total. The number of benzene rings is 4. The third-order valence-electron chi connectivity index (χ3n) is 8.02. The smallest absolute Gasteiger partial charge is 0.257 e. The molecule has 1 aliphatic rings. The van der Waals surface area contributed by atoms with Crippen LogP contribution in [0.2, 0.25) is 0 Å². The molecule has 0 radical (unpaired) electrons. The predicted octanol–water partition coefficient (Wildman–Crippen LogP) is 5.98. The molecule has 0 spiro atoms. The lowest BCUT2D eigenvalue weighted by Crippen LogP contribution is -2.32. The van der Waals surface area contributed by atoms with E-state index in [2.05, 4.69) is 27.3 Å². The first-order valence-corrected chi connectivity index (χ1v) is 14.0. The van der Waals surface area contributed by atoms with Crippen molar-refractivity contribution >= 4 is 45.8 Å². The molecule has 0 saturated carbocycles. The van der Waals surface area contributed by atoms with Crippen LogP contribution < -0.4 is 25.0 Å². The number of aromatic amines is 1. The van der Waals surface area contributed by atoms with Crippen LogP contribution in [0.25, 0.3) is 21.8 Å². The van der Waals surface area contributed by atoms with Crippen LogP contribution in [0.4, 0.5) is 5.69 Å². The third kappa shape index (κ3) is 5.89. The first kappa shape index (κ1) is 29.9. The molecule has 0 unspecified atom stereocenters. The van der Waals surface area contributed by atoms with E-state index in [1.54, 1.807) is 57.7 Å². The van der Waals surface area contributed by atoms with E-state index in [1.807, 2.05) is 24.3 Å². The van der Waals surface area contributed by atoms with Crippen LogP contribution in [0.1, 0.15) is 27.0 Å². The van der Waals surface area contributed by atoms with Crippen molar-refractivity contribution in [3.8, 4) is 17.2 Å². The van der Waals surface area contributed by atoms with E-state index >= 15 is 0 Å². The quantitative estimate of drug-likeness (QED) is 0.213. The highest BCUT2D eigenvalue weighted by Crippen LogP contribution is 2.33. The van der Waals surface area contributed by atoms with Gasteiger partial charge in [0.1, 0.15) is 5.75 Å².